The first-order valence-corrected chi connectivity index (χ1v) is 8.76. The third-order valence-electron chi connectivity index (χ3n) is 4.66. The van der Waals surface area contributed by atoms with E-state index in [9.17, 15) is 4.79 Å². The van der Waals surface area contributed by atoms with Gasteiger partial charge in [0.15, 0.2) is 0 Å². The summed E-state index contributed by atoms with van der Waals surface area (Å²) in [5.74, 6) is 1.54. The number of hydrogen-bond donors (Lipinski definition) is 0. The van der Waals surface area contributed by atoms with E-state index in [1.807, 2.05) is 29.0 Å². The Labute approximate surface area is 138 Å². The Hall–Kier alpha value is -1.92. The molecule has 0 spiro atoms. The molecule has 0 radical (unpaired) electrons. The van der Waals surface area contributed by atoms with Gasteiger partial charge >= 0.3 is 0 Å². The lowest BCUT2D eigenvalue weighted by atomic mass is 10.0. The van der Waals surface area contributed by atoms with Crippen LogP contribution in [0.3, 0.4) is 0 Å². The lowest BCUT2D eigenvalue weighted by Crippen LogP contribution is -2.36. The molecule has 6 heteroatoms. The number of aromatic nitrogens is 2. The molecule has 0 N–H and O–H groups in total. The number of aryl methyl sites for hydroxylation is 1. The monoisotopic (exact) mass is 329 g/mol. The zero-order valence-corrected chi connectivity index (χ0v) is 14.1. The fourth-order valence-electron chi connectivity index (χ4n) is 3.40. The van der Waals surface area contributed by atoms with Crippen LogP contribution in [0.1, 0.15) is 24.7 Å². The highest BCUT2D eigenvalue weighted by molar-refractivity contribution is 7.17. The number of thiophene rings is 1. The molecule has 4 heterocycles. The van der Waals surface area contributed by atoms with Gasteiger partial charge in [0.05, 0.1) is 11.6 Å². The molecule has 3 aromatic heterocycles. The minimum atomic E-state index is 0.0645. The van der Waals surface area contributed by atoms with Gasteiger partial charge in [-0.1, -0.05) is 0 Å². The smallest absolute Gasteiger partial charge is 0.263 e. The Balaban J connectivity index is 1.88. The van der Waals surface area contributed by atoms with Gasteiger partial charge in [-0.3, -0.25) is 9.36 Å². The SMILES string of the molecule is Cc1nc2scc(-c3ccco3)c2c(=O)n1C1CCN(C)CC1. The van der Waals surface area contributed by atoms with Crippen LogP contribution < -0.4 is 5.56 Å². The lowest BCUT2D eigenvalue weighted by molar-refractivity contribution is 0.216. The summed E-state index contributed by atoms with van der Waals surface area (Å²) >= 11 is 1.50. The molecule has 1 fully saturated rings. The molecule has 1 aliphatic heterocycles. The van der Waals surface area contributed by atoms with Gasteiger partial charge in [0, 0.05) is 17.0 Å². The quantitative estimate of drug-likeness (QED) is 0.724. The van der Waals surface area contributed by atoms with Gasteiger partial charge in [-0.25, -0.2) is 4.98 Å². The van der Waals surface area contributed by atoms with Gasteiger partial charge in [0.2, 0.25) is 0 Å². The second kappa shape index (κ2) is 5.62. The van der Waals surface area contributed by atoms with Gasteiger partial charge < -0.3 is 9.32 Å². The average molecular weight is 329 g/mol. The van der Waals surface area contributed by atoms with Crippen molar-refractivity contribution in [2.45, 2.75) is 25.8 Å². The molecule has 0 atom stereocenters. The molecule has 5 nitrogen and oxygen atoms in total. The highest BCUT2D eigenvalue weighted by Crippen LogP contribution is 2.32. The van der Waals surface area contributed by atoms with E-state index in [-0.39, 0.29) is 11.6 Å². The Morgan fingerprint density at radius 1 is 1.35 bits per heavy atom. The van der Waals surface area contributed by atoms with E-state index in [0.29, 0.717) is 5.39 Å². The summed E-state index contributed by atoms with van der Waals surface area (Å²) in [4.78, 5) is 21.0. The number of fused-ring (bicyclic) bond motifs is 1. The topological polar surface area (TPSA) is 51.3 Å². The van der Waals surface area contributed by atoms with Crippen molar-refractivity contribution in [2.24, 2.45) is 0 Å². The van der Waals surface area contributed by atoms with Gasteiger partial charge in [-0.2, -0.15) is 0 Å². The van der Waals surface area contributed by atoms with Crippen LogP contribution in [0, 0.1) is 6.92 Å². The molecular formula is C17H19N3O2S. The summed E-state index contributed by atoms with van der Waals surface area (Å²) in [5, 5.41) is 2.66. The Kier molecular flexibility index (Phi) is 3.58. The Morgan fingerprint density at radius 3 is 2.83 bits per heavy atom. The van der Waals surface area contributed by atoms with E-state index in [2.05, 4.69) is 16.9 Å². The van der Waals surface area contributed by atoms with E-state index < -0.39 is 0 Å². The van der Waals surface area contributed by atoms with Crippen LogP contribution >= 0.6 is 11.3 Å². The first kappa shape index (κ1) is 14.7. The second-order valence-electron chi connectivity index (χ2n) is 6.18. The van der Waals surface area contributed by atoms with Crippen molar-refractivity contribution in [3.05, 3.63) is 40.0 Å². The normalized spacial score (nSPS) is 17.1. The van der Waals surface area contributed by atoms with Crippen molar-refractivity contribution in [3.63, 3.8) is 0 Å². The summed E-state index contributed by atoms with van der Waals surface area (Å²) in [6.07, 6.45) is 3.62. The van der Waals surface area contributed by atoms with Gasteiger partial charge in [0.1, 0.15) is 16.4 Å². The maximum atomic E-state index is 13.2. The number of likely N-dealkylation sites (tertiary alicyclic amines) is 1. The first-order valence-electron chi connectivity index (χ1n) is 7.88. The lowest BCUT2D eigenvalue weighted by Gasteiger charge is -2.30. The molecule has 0 aromatic carbocycles. The fraction of sp³-hybridized carbons (Fsp3) is 0.412. The van der Waals surface area contributed by atoms with Crippen molar-refractivity contribution in [1.29, 1.82) is 0 Å². The minimum Gasteiger partial charge on any atom is -0.464 e. The number of furan rings is 1. The van der Waals surface area contributed by atoms with Crippen molar-refractivity contribution in [3.8, 4) is 11.3 Å². The van der Waals surface area contributed by atoms with Crippen molar-refractivity contribution >= 4 is 21.6 Å². The maximum absolute atomic E-state index is 13.2. The van der Waals surface area contributed by atoms with Crippen LogP contribution in [0.25, 0.3) is 21.5 Å². The standard InChI is InChI=1S/C17H19N3O2S/c1-11-18-16-15(13(10-23-16)14-4-3-9-22-14)17(21)20(11)12-5-7-19(2)8-6-12/h3-4,9-10,12H,5-8H2,1-2H3. The number of nitrogens with zero attached hydrogens (tertiary/aromatic N) is 3. The summed E-state index contributed by atoms with van der Waals surface area (Å²) in [6.45, 7) is 3.97. The molecule has 0 saturated carbocycles. The highest BCUT2D eigenvalue weighted by Gasteiger charge is 2.24. The Bertz CT molecular complexity index is 887. The molecule has 0 unspecified atom stereocenters. The molecule has 3 aromatic rings. The molecule has 0 amide bonds. The number of hydrogen-bond acceptors (Lipinski definition) is 5. The molecule has 1 saturated heterocycles. The molecule has 4 rings (SSSR count). The Morgan fingerprint density at radius 2 is 2.13 bits per heavy atom. The van der Waals surface area contributed by atoms with Gasteiger partial charge in [-0.05, 0) is 52.0 Å². The van der Waals surface area contributed by atoms with E-state index in [0.717, 1.165) is 47.9 Å². The zero-order chi connectivity index (χ0) is 16.0. The fourth-order valence-corrected chi connectivity index (χ4v) is 4.36. The third kappa shape index (κ3) is 2.42. The molecule has 23 heavy (non-hydrogen) atoms. The number of piperidine rings is 1. The minimum absolute atomic E-state index is 0.0645. The van der Waals surface area contributed by atoms with E-state index in [1.165, 1.54) is 11.3 Å². The highest BCUT2D eigenvalue weighted by atomic mass is 32.1. The van der Waals surface area contributed by atoms with Crippen LogP contribution in [0.2, 0.25) is 0 Å². The summed E-state index contributed by atoms with van der Waals surface area (Å²) in [5.41, 5.74) is 0.920. The van der Waals surface area contributed by atoms with Crippen molar-refractivity contribution < 1.29 is 4.42 Å². The summed E-state index contributed by atoms with van der Waals surface area (Å²) in [6, 6.07) is 3.97. The average Bonchev–Trinajstić information content (AvgIpc) is 3.17. The molecule has 0 bridgehead atoms. The molecule has 0 aliphatic carbocycles. The summed E-state index contributed by atoms with van der Waals surface area (Å²) < 4.78 is 7.39. The largest absolute Gasteiger partial charge is 0.464 e. The van der Waals surface area contributed by atoms with Gasteiger partial charge in [-0.15, -0.1) is 11.3 Å². The first-order chi connectivity index (χ1) is 11.1. The van der Waals surface area contributed by atoms with E-state index in [1.54, 1.807) is 6.26 Å². The maximum Gasteiger partial charge on any atom is 0.263 e. The van der Waals surface area contributed by atoms with Crippen molar-refractivity contribution in [1.82, 2.24) is 14.5 Å². The van der Waals surface area contributed by atoms with Crippen LogP contribution in [-0.4, -0.2) is 34.6 Å². The predicted molar refractivity (Wildman–Crippen MR) is 92.1 cm³/mol. The van der Waals surface area contributed by atoms with E-state index >= 15 is 0 Å². The van der Waals surface area contributed by atoms with Crippen LogP contribution in [0.4, 0.5) is 0 Å². The van der Waals surface area contributed by atoms with Crippen LogP contribution in [0.15, 0.2) is 33.0 Å². The zero-order valence-electron chi connectivity index (χ0n) is 13.3. The summed E-state index contributed by atoms with van der Waals surface area (Å²) in [7, 11) is 2.13. The molecule has 120 valence electrons. The van der Waals surface area contributed by atoms with E-state index in [4.69, 9.17) is 4.42 Å². The molecule has 1 aliphatic rings. The third-order valence-corrected chi connectivity index (χ3v) is 5.53. The van der Waals surface area contributed by atoms with Crippen molar-refractivity contribution in [2.75, 3.05) is 20.1 Å². The predicted octanol–water partition coefficient (Wildman–Crippen LogP) is 3.29. The van der Waals surface area contributed by atoms with Crippen LogP contribution in [0.5, 0.6) is 0 Å². The second-order valence-corrected chi connectivity index (χ2v) is 7.03. The number of rotatable bonds is 2. The van der Waals surface area contributed by atoms with Gasteiger partial charge in [0.25, 0.3) is 5.56 Å². The van der Waals surface area contributed by atoms with Crippen LogP contribution in [-0.2, 0) is 0 Å². The molecular weight excluding hydrogens is 310 g/mol.